The second-order valence-corrected chi connectivity index (χ2v) is 10.2. The van der Waals surface area contributed by atoms with Crippen molar-refractivity contribution in [2.45, 2.75) is 51.8 Å². The highest BCUT2D eigenvalue weighted by Gasteiger charge is 2.49. The van der Waals surface area contributed by atoms with Crippen LogP contribution in [-0.2, 0) is 4.74 Å². The van der Waals surface area contributed by atoms with Gasteiger partial charge in [0.15, 0.2) is 5.65 Å². The zero-order valence-electron chi connectivity index (χ0n) is 20.4. The molecule has 182 valence electrons. The van der Waals surface area contributed by atoms with Crippen LogP contribution in [0.5, 0.6) is 5.75 Å². The number of nitrogens with zero attached hydrogens (tertiary/aromatic N) is 6. The molecule has 3 saturated heterocycles. The maximum atomic E-state index is 12.6. The first-order valence-electron chi connectivity index (χ1n) is 12.0. The van der Waals surface area contributed by atoms with Crippen molar-refractivity contribution in [3.8, 4) is 16.9 Å². The summed E-state index contributed by atoms with van der Waals surface area (Å²) >= 11 is 0. The van der Waals surface area contributed by atoms with E-state index in [-0.39, 0.29) is 18.2 Å². The van der Waals surface area contributed by atoms with Crippen molar-refractivity contribution in [1.29, 1.82) is 0 Å². The standard InChI is InChI=1S/C25H29N7O3/c1-5-34-18-9-19(22-20-11-27-28-23(20)29-31(22)14-18)15-6-7-21(26-10-15)30-12-16-8-17(13-30)32(16)24(33)35-25(2,3)4/h6-7,9-11,14,16-17H,5,8,12-13H2,1-4H3,(H,28,29). The van der Waals surface area contributed by atoms with E-state index in [9.17, 15) is 4.79 Å². The third-order valence-electron chi connectivity index (χ3n) is 6.59. The Labute approximate surface area is 202 Å². The van der Waals surface area contributed by atoms with Gasteiger partial charge in [0, 0.05) is 30.4 Å². The number of pyridine rings is 2. The number of piperidine rings is 1. The number of anilines is 1. The molecule has 0 aromatic carbocycles. The summed E-state index contributed by atoms with van der Waals surface area (Å²) < 4.78 is 13.2. The molecule has 7 heterocycles. The van der Waals surface area contributed by atoms with Crippen LogP contribution < -0.4 is 9.64 Å². The Kier molecular flexibility index (Phi) is 4.87. The van der Waals surface area contributed by atoms with Crippen molar-refractivity contribution in [2.24, 2.45) is 0 Å². The number of fused-ring (bicyclic) bond motifs is 5. The molecule has 2 atom stereocenters. The Morgan fingerprint density at radius 3 is 2.69 bits per heavy atom. The summed E-state index contributed by atoms with van der Waals surface area (Å²) in [4.78, 5) is 21.5. The molecule has 0 radical (unpaired) electrons. The maximum absolute atomic E-state index is 12.6. The number of hydrogen-bond donors (Lipinski definition) is 1. The van der Waals surface area contributed by atoms with Gasteiger partial charge in [-0.15, -0.1) is 5.10 Å². The Morgan fingerprint density at radius 1 is 1.20 bits per heavy atom. The van der Waals surface area contributed by atoms with Gasteiger partial charge in [0.2, 0.25) is 0 Å². The normalized spacial score (nSPS) is 19.8. The zero-order valence-corrected chi connectivity index (χ0v) is 20.4. The van der Waals surface area contributed by atoms with Gasteiger partial charge in [-0.05, 0) is 52.3 Å². The molecule has 3 aliphatic rings. The predicted octanol–water partition coefficient (Wildman–Crippen LogP) is 3.87. The molecule has 7 rings (SSSR count). The molecule has 4 aromatic rings. The van der Waals surface area contributed by atoms with Crippen molar-refractivity contribution >= 4 is 28.5 Å². The summed E-state index contributed by atoms with van der Waals surface area (Å²) in [7, 11) is 0. The summed E-state index contributed by atoms with van der Waals surface area (Å²) in [6.45, 7) is 9.74. The fourth-order valence-electron chi connectivity index (χ4n) is 5.15. The number of carbonyl (C=O) groups excluding carboxylic acids is 1. The number of nitrogens with one attached hydrogen (secondary N) is 1. The van der Waals surface area contributed by atoms with Crippen molar-refractivity contribution in [2.75, 3.05) is 24.6 Å². The smallest absolute Gasteiger partial charge is 0.410 e. The third kappa shape index (κ3) is 3.73. The minimum Gasteiger partial charge on any atom is -0.492 e. The van der Waals surface area contributed by atoms with E-state index >= 15 is 0 Å². The van der Waals surface area contributed by atoms with E-state index in [1.54, 1.807) is 6.20 Å². The van der Waals surface area contributed by atoms with Gasteiger partial charge in [0.25, 0.3) is 0 Å². The Balaban J connectivity index is 1.26. The lowest BCUT2D eigenvalue weighted by atomic mass is 9.88. The lowest BCUT2D eigenvalue weighted by molar-refractivity contribution is -0.0380. The molecule has 2 unspecified atom stereocenters. The Morgan fingerprint density at radius 2 is 2.00 bits per heavy atom. The van der Waals surface area contributed by atoms with Gasteiger partial charge in [-0.2, -0.15) is 5.10 Å². The first-order chi connectivity index (χ1) is 16.8. The van der Waals surface area contributed by atoms with Crippen LogP contribution in [0, 0.1) is 0 Å². The number of aromatic amines is 1. The number of H-pyrrole nitrogens is 1. The van der Waals surface area contributed by atoms with Crippen molar-refractivity contribution in [3.63, 3.8) is 0 Å². The highest BCUT2D eigenvalue weighted by atomic mass is 16.6. The lowest BCUT2D eigenvalue weighted by Gasteiger charge is -2.56. The molecule has 2 bridgehead atoms. The Hall–Kier alpha value is -3.82. The van der Waals surface area contributed by atoms with Crippen molar-refractivity contribution < 1.29 is 14.3 Å². The molecule has 3 aliphatic heterocycles. The van der Waals surface area contributed by atoms with Crippen LogP contribution in [0.4, 0.5) is 10.6 Å². The highest BCUT2D eigenvalue weighted by Crippen LogP contribution is 2.37. The molecule has 35 heavy (non-hydrogen) atoms. The van der Waals surface area contributed by atoms with E-state index in [0.717, 1.165) is 58.8 Å². The zero-order chi connectivity index (χ0) is 24.3. The molecule has 4 aromatic heterocycles. The minimum absolute atomic E-state index is 0.161. The average molecular weight is 476 g/mol. The number of ether oxygens (including phenoxy) is 2. The van der Waals surface area contributed by atoms with E-state index in [2.05, 4.69) is 26.3 Å². The summed E-state index contributed by atoms with van der Waals surface area (Å²) in [5, 5.41) is 12.6. The SMILES string of the molecule is CCOc1cc(-c2ccc(N3CC4CC(C3)N4C(=O)OC(C)(C)C)nc2)c2c3cn[nH]c3nn2c1. The van der Waals surface area contributed by atoms with Gasteiger partial charge in [-0.3, -0.25) is 10.00 Å². The molecule has 1 amide bonds. The van der Waals surface area contributed by atoms with Gasteiger partial charge in [-0.25, -0.2) is 14.3 Å². The van der Waals surface area contributed by atoms with E-state index < -0.39 is 5.60 Å². The monoisotopic (exact) mass is 475 g/mol. The molecule has 0 spiro atoms. The molecule has 0 aliphatic carbocycles. The summed E-state index contributed by atoms with van der Waals surface area (Å²) in [6, 6.07) is 6.48. The number of carbonyl (C=O) groups is 1. The van der Waals surface area contributed by atoms with Crippen LogP contribution in [0.3, 0.4) is 0 Å². The van der Waals surface area contributed by atoms with E-state index in [0.29, 0.717) is 6.61 Å². The molecule has 10 nitrogen and oxygen atoms in total. The molecule has 1 N–H and O–H groups in total. The number of rotatable bonds is 4. The lowest BCUT2D eigenvalue weighted by Crippen LogP contribution is -2.70. The second kappa shape index (κ2) is 7.86. The number of amides is 1. The van der Waals surface area contributed by atoms with Crippen LogP contribution in [0.25, 0.3) is 27.7 Å². The van der Waals surface area contributed by atoms with Gasteiger partial charge in [0.05, 0.1) is 42.0 Å². The van der Waals surface area contributed by atoms with Gasteiger partial charge >= 0.3 is 6.09 Å². The topological polar surface area (TPSA) is 101 Å². The first kappa shape index (κ1) is 21.7. The van der Waals surface area contributed by atoms with E-state index in [1.165, 1.54) is 0 Å². The van der Waals surface area contributed by atoms with Crippen LogP contribution in [0.2, 0.25) is 0 Å². The molecular weight excluding hydrogens is 446 g/mol. The van der Waals surface area contributed by atoms with Crippen LogP contribution in [-0.4, -0.2) is 73.2 Å². The second-order valence-electron chi connectivity index (χ2n) is 10.2. The third-order valence-corrected chi connectivity index (χ3v) is 6.59. The summed E-state index contributed by atoms with van der Waals surface area (Å²) in [6.07, 6.45) is 6.36. The summed E-state index contributed by atoms with van der Waals surface area (Å²) in [5.41, 5.74) is 3.16. The van der Waals surface area contributed by atoms with Gasteiger partial charge < -0.3 is 14.4 Å². The van der Waals surface area contributed by atoms with Crippen molar-refractivity contribution in [1.82, 2.24) is 29.7 Å². The maximum Gasteiger partial charge on any atom is 0.410 e. The fourth-order valence-corrected chi connectivity index (χ4v) is 5.15. The summed E-state index contributed by atoms with van der Waals surface area (Å²) in [5.74, 6) is 1.65. The van der Waals surface area contributed by atoms with Crippen LogP contribution >= 0.6 is 0 Å². The molecule has 10 heteroatoms. The van der Waals surface area contributed by atoms with Gasteiger partial charge in [-0.1, -0.05) is 0 Å². The number of piperazine rings is 1. The van der Waals surface area contributed by atoms with E-state index in [4.69, 9.17) is 14.5 Å². The van der Waals surface area contributed by atoms with Crippen LogP contribution in [0.15, 0.2) is 36.8 Å². The largest absolute Gasteiger partial charge is 0.492 e. The molecule has 0 saturated carbocycles. The molecule has 3 fully saturated rings. The first-order valence-corrected chi connectivity index (χ1v) is 12.0. The Bertz CT molecular complexity index is 1390. The van der Waals surface area contributed by atoms with Crippen LogP contribution in [0.1, 0.15) is 34.1 Å². The fraction of sp³-hybridized carbons (Fsp3) is 0.440. The van der Waals surface area contributed by atoms with E-state index in [1.807, 2.05) is 61.6 Å². The average Bonchev–Trinajstić information content (AvgIpc) is 3.39. The van der Waals surface area contributed by atoms with Gasteiger partial charge in [0.1, 0.15) is 17.2 Å². The minimum atomic E-state index is -0.486. The predicted molar refractivity (Wildman–Crippen MR) is 132 cm³/mol. The van der Waals surface area contributed by atoms with Crippen molar-refractivity contribution in [3.05, 3.63) is 36.8 Å². The quantitative estimate of drug-likeness (QED) is 0.478. The molecular formula is C25H29N7O3. The highest BCUT2D eigenvalue weighted by molar-refractivity contribution is 6.00. The number of aromatic nitrogens is 5. The number of hydrogen-bond acceptors (Lipinski definition) is 7.